The topological polar surface area (TPSA) is 109 Å². The molecule has 8 nitrogen and oxygen atoms in total. The number of carbonyl (C=O) groups is 2. The minimum Gasteiger partial charge on any atom is -0.508 e. The zero-order valence-electron chi connectivity index (χ0n) is 18.0. The fraction of sp³-hybridized carbons (Fsp3) is 0.348. The van der Waals surface area contributed by atoms with Crippen molar-refractivity contribution in [2.75, 3.05) is 7.11 Å². The molecule has 0 bridgehead atoms. The van der Waals surface area contributed by atoms with Crippen LogP contribution in [0.5, 0.6) is 5.75 Å². The van der Waals surface area contributed by atoms with Gasteiger partial charge in [-0.15, -0.1) is 5.06 Å². The highest BCUT2D eigenvalue weighted by atomic mass is 16.8. The smallest absolute Gasteiger partial charge is 0.508 e. The highest BCUT2D eigenvalue weighted by Gasteiger charge is 2.32. The van der Waals surface area contributed by atoms with E-state index in [1.165, 1.54) is 24.3 Å². The van der Waals surface area contributed by atoms with Crippen LogP contribution in [0.1, 0.15) is 37.5 Å². The van der Waals surface area contributed by atoms with E-state index < -0.39 is 23.8 Å². The fourth-order valence-electron chi connectivity index (χ4n) is 2.73. The first-order valence-corrected chi connectivity index (χ1v) is 9.63. The highest BCUT2D eigenvalue weighted by Crippen LogP contribution is 2.19. The molecule has 1 atom stereocenters. The lowest BCUT2D eigenvalue weighted by atomic mass is 10.0. The molecule has 0 aliphatic rings. The van der Waals surface area contributed by atoms with Crippen LogP contribution in [0.2, 0.25) is 0 Å². The number of esters is 1. The number of methoxy groups -OCH3 is 1. The molecule has 0 spiro atoms. The summed E-state index contributed by atoms with van der Waals surface area (Å²) >= 11 is 0. The molecule has 1 N–H and O–H groups in total. The van der Waals surface area contributed by atoms with Gasteiger partial charge in [-0.1, -0.05) is 24.3 Å². The van der Waals surface area contributed by atoms with Gasteiger partial charge in [0.1, 0.15) is 17.4 Å². The summed E-state index contributed by atoms with van der Waals surface area (Å²) in [5.41, 5.74) is 1.14. The summed E-state index contributed by atoms with van der Waals surface area (Å²) in [6.07, 6.45) is -0.799. The zero-order chi connectivity index (χ0) is 23.0. The first-order valence-electron chi connectivity index (χ1n) is 9.63. The first-order chi connectivity index (χ1) is 14.6. The second kappa shape index (κ2) is 10.5. The Bertz CT molecular complexity index is 927. The number of benzene rings is 2. The standard InChI is InChI=1S/C23H26N2O6/c1-23(2,3)30-22(28)31-25(15-18-7-5-17(14-24)6-8-18)20(21(27)29-4)13-16-9-11-19(26)12-10-16/h5-12,20,26H,13,15H2,1-4H3/t20-/m0/s1. The van der Waals surface area contributed by atoms with Gasteiger partial charge in [0.15, 0.2) is 0 Å². The molecular weight excluding hydrogens is 400 g/mol. The van der Waals surface area contributed by atoms with Crippen molar-refractivity contribution in [3.05, 3.63) is 65.2 Å². The monoisotopic (exact) mass is 426 g/mol. The molecule has 0 aliphatic carbocycles. The average Bonchev–Trinajstić information content (AvgIpc) is 2.71. The Hall–Kier alpha value is -3.57. The van der Waals surface area contributed by atoms with Crippen LogP contribution in [0.4, 0.5) is 4.79 Å². The minimum atomic E-state index is -0.974. The molecule has 164 valence electrons. The van der Waals surface area contributed by atoms with Gasteiger partial charge in [0.05, 0.1) is 25.3 Å². The largest absolute Gasteiger partial charge is 0.528 e. The van der Waals surface area contributed by atoms with Gasteiger partial charge in [-0.25, -0.2) is 4.79 Å². The summed E-state index contributed by atoms with van der Waals surface area (Å²) in [7, 11) is 1.25. The Morgan fingerprint density at radius 1 is 1.06 bits per heavy atom. The second-order valence-corrected chi connectivity index (χ2v) is 7.85. The van der Waals surface area contributed by atoms with E-state index in [0.717, 1.165) is 5.56 Å². The van der Waals surface area contributed by atoms with Crippen molar-refractivity contribution in [1.29, 1.82) is 5.26 Å². The maximum Gasteiger partial charge on any atom is 0.528 e. The van der Waals surface area contributed by atoms with Gasteiger partial charge in [-0.05, 0) is 56.2 Å². The van der Waals surface area contributed by atoms with Crippen LogP contribution in [0.15, 0.2) is 48.5 Å². The van der Waals surface area contributed by atoms with Crippen LogP contribution < -0.4 is 0 Å². The summed E-state index contributed by atoms with van der Waals surface area (Å²) in [6, 6.07) is 14.1. The van der Waals surface area contributed by atoms with E-state index in [4.69, 9.17) is 19.6 Å². The molecule has 0 radical (unpaired) electrons. The lowest BCUT2D eigenvalue weighted by molar-refractivity contribution is -0.190. The molecule has 0 amide bonds. The van der Waals surface area contributed by atoms with E-state index in [9.17, 15) is 14.7 Å². The van der Waals surface area contributed by atoms with Crippen LogP contribution in [-0.4, -0.2) is 41.0 Å². The highest BCUT2D eigenvalue weighted by molar-refractivity contribution is 5.76. The Morgan fingerprint density at radius 3 is 2.16 bits per heavy atom. The number of hydrogen-bond acceptors (Lipinski definition) is 8. The number of rotatable bonds is 7. The summed E-state index contributed by atoms with van der Waals surface area (Å²) in [5.74, 6) is -0.511. The summed E-state index contributed by atoms with van der Waals surface area (Å²) < 4.78 is 10.2. The van der Waals surface area contributed by atoms with Crippen LogP contribution in [0.3, 0.4) is 0 Å². The van der Waals surface area contributed by atoms with E-state index in [1.54, 1.807) is 57.2 Å². The molecule has 0 saturated carbocycles. The molecule has 8 heteroatoms. The van der Waals surface area contributed by atoms with E-state index in [2.05, 4.69) is 0 Å². The lowest BCUT2D eigenvalue weighted by Gasteiger charge is -2.29. The van der Waals surface area contributed by atoms with Gasteiger partial charge in [-0.3, -0.25) is 4.79 Å². The SMILES string of the molecule is COC(=O)[C@H](Cc1ccc(O)cc1)N(Cc1ccc(C#N)cc1)OC(=O)OC(C)(C)C. The molecule has 31 heavy (non-hydrogen) atoms. The summed E-state index contributed by atoms with van der Waals surface area (Å²) in [6.45, 7) is 5.16. The van der Waals surface area contributed by atoms with Crippen molar-refractivity contribution in [2.24, 2.45) is 0 Å². The van der Waals surface area contributed by atoms with Crippen LogP contribution in [-0.2, 0) is 32.1 Å². The van der Waals surface area contributed by atoms with E-state index in [0.29, 0.717) is 11.1 Å². The van der Waals surface area contributed by atoms with E-state index in [-0.39, 0.29) is 18.7 Å². The Labute approximate surface area is 181 Å². The number of phenolic OH excluding ortho intramolecular Hbond substituents is 1. The van der Waals surface area contributed by atoms with Crippen LogP contribution in [0.25, 0.3) is 0 Å². The number of nitriles is 1. The molecule has 2 aromatic rings. The summed E-state index contributed by atoms with van der Waals surface area (Å²) in [5, 5.41) is 19.7. The lowest BCUT2D eigenvalue weighted by Crippen LogP contribution is -2.45. The number of nitrogens with zero attached hydrogens (tertiary/aromatic N) is 2. The van der Waals surface area contributed by atoms with Crippen molar-refractivity contribution in [3.63, 3.8) is 0 Å². The minimum absolute atomic E-state index is 0.0583. The van der Waals surface area contributed by atoms with E-state index in [1.807, 2.05) is 6.07 Å². The number of hydrogen-bond donors (Lipinski definition) is 1. The zero-order valence-corrected chi connectivity index (χ0v) is 18.0. The van der Waals surface area contributed by atoms with Gasteiger partial charge in [-0.2, -0.15) is 5.26 Å². The predicted molar refractivity (Wildman–Crippen MR) is 112 cm³/mol. The van der Waals surface area contributed by atoms with Gasteiger partial charge in [0.2, 0.25) is 0 Å². The third-order valence-electron chi connectivity index (χ3n) is 4.19. The van der Waals surface area contributed by atoms with E-state index >= 15 is 0 Å². The van der Waals surface area contributed by atoms with Gasteiger partial charge in [0.25, 0.3) is 0 Å². The molecule has 0 aromatic heterocycles. The Kier molecular flexibility index (Phi) is 8.00. The first kappa shape index (κ1) is 23.7. The molecule has 0 aliphatic heterocycles. The van der Waals surface area contributed by atoms with Crippen LogP contribution >= 0.6 is 0 Å². The maximum atomic E-state index is 12.6. The molecule has 0 unspecified atom stereocenters. The van der Waals surface area contributed by atoms with Crippen molar-refractivity contribution >= 4 is 12.1 Å². The molecule has 2 rings (SSSR count). The summed E-state index contributed by atoms with van der Waals surface area (Å²) in [4.78, 5) is 30.4. The predicted octanol–water partition coefficient (Wildman–Crippen LogP) is 3.72. The Balaban J connectivity index is 2.33. The van der Waals surface area contributed by atoms with Gasteiger partial charge < -0.3 is 19.4 Å². The number of hydroxylamine groups is 2. The Morgan fingerprint density at radius 2 is 1.65 bits per heavy atom. The molecular formula is C23H26N2O6. The average molecular weight is 426 g/mol. The quantitative estimate of drug-likeness (QED) is 0.527. The maximum absolute atomic E-state index is 12.6. The molecule has 2 aromatic carbocycles. The van der Waals surface area contributed by atoms with Crippen molar-refractivity contribution in [3.8, 4) is 11.8 Å². The van der Waals surface area contributed by atoms with Gasteiger partial charge >= 0.3 is 12.1 Å². The second-order valence-electron chi connectivity index (χ2n) is 7.85. The van der Waals surface area contributed by atoms with Crippen LogP contribution in [0, 0.1) is 11.3 Å². The number of ether oxygens (including phenoxy) is 2. The number of aromatic hydroxyl groups is 1. The van der Waals surface area contributed by atoms with Crippen molar-refractivity contribution < 1.29 is 29.0 Å². The number of carbonyl (C=O) groups excluding carboxylic acids is 2. The normalized spacial score (nSPS) is 12.0. The number of phenols is 1. The molecule has 0 heterocycles. The van der Waals surface area contributed by atoms with Gasteiger partial charge in [0, 0.05) is 6.42 Å². The molecule has 0 fully saturated rings. The van der Waals surface area contributed by atoms with Crippen molar-refractivity contribution in [2.45, 2.75) is 45.4 Å². The van der Waals surface area contributed by atoms with Crippen molar-refractivity contribution in [1.82, 2.24) is 5.06 Å². The third-order valence-corrected chi connectivity index (χ3v) is 4.19. The third kappa shape index (κ3) is 7.64. The molecule has 0 saturated heterocycles. The fourth-order valence-corrected chi connectivity index (χ4v) is 2.73.